The molecule has 2 radical (unpaired) electrons. The molecule has 0 saturated carbocycles. The van der Waals surface area contributed by atoms with E-state index in [2.05, 4.69) is 35.6 Å². The van der Waals surface area contributed by atoms with Crippen molar-refractivity contribution in [2.24, 2.45) is 20.8 Å². The number of cyclic esters (lactones) is 2. The third-order valence-corrected chi connectivity index (χ3v) is 7.33. The summed E-state index contributed by atoms with van der Waals surface area (Å²) in [4.78, 5) is 32.1. The summed E-state index contributed by atoms with van der Waals surface area (Å²) in [7, 11) is 0. The summed E-state index contributed by atoms with van der Waals surface area (Å²) in [5.41, 5.74) is 1.79. The molecule has 2 spiro atoms. The Morgan fingerprint density at radius 3 is 1.80 bits per heavy atom. The van der Waals surface area contributed by atoms with Gasteiger partial charge in [0.15, 0.2) is 17.5 Å². The number of hydrogen-bond donors (Lipinski definition) is 1. The maximum absolute atomic E-state index is 11.4. The molecule has 6 aliphatic heterocycles. The number of nitrogens with one attached hydrogen (secondary N) is 1. The summed E-state index contributed by atoms with van der Waals surface area (Å²) in [5.74, 6) is 0.175. The molecule has 12 heteroatoms. The van der Waals surface area contributed by atoms with E-state index in [1.165, 1.54) is 32.4 Å². The summed E-state index contributed by atoms with van der Waals surface area (Å²) in [6, 6.07) is 0. The van der Waals surface area contributed by atoms with Gasteiger partial charge in [0.1, 0.15) is 5.70 Å². The first kappa shape index (κ1) is 41.8. The van der Waals surface area contributed by atoms with Crippen LogP contribution < -0.4 is 5.32 Å². The van der Waals surface area contributed by atoms with Crippen LogP contribution in [0.4, 0.5) is 0 Å². The minimum atomic E-state index is -0.352. The van der Waals surface area contributed by atoms with E-state index in [0.717, 1.165) is 45.7 Å². The average Bonchev–Trinajstić information content (AvgIpc) is 3.67. The third kappa shape index (κ3) is 11.0. The van der Waals surface area contributed by atoms with Crippen molar-refractivity contribution in [3.05, 3.63) is 34.3 Å². The number of nitrogens with zero attached hydrogens (tertiary/aromatic N) is 5. The molecule has 1 N–H and O–H groups in total. The molecular formula is C28H48N6O4Y2-2. The van der Waals surface area contributed by atoms with Crippen LogP contribution in [0.15, 0.2) is 33.7 Å². The molecule has 6 aliphatic rings. The Labute approximate surface area is 292 Å². The summed E-state index contributed by atoms with van der Waals surface area (Å²) in [5, 5.41) is 12.2. The van der Waals surface area contributed by atoms with Crippen molar-refractivity contribution in [2.45, 2.75) is 68.7 Å². The molecule has 0 aliphatic carbocycles. The van der Waals surface area contributed by atoms with E-state index >= 15 is 0 Å². The Balaban J connectivity index is 0. The van der Waals surface area contributed by atoms with Crippen LogP contribution >= 0.6 is 0 Å². The minimum Gasteiger partial charge on any atom is -0.662 e. The van der Waals surface area contributed by atoms with E-state index in [4.69, 9.17) is 4.74 Å². The Bertz CT molecular complexity index is 931. The van der Waals surface area contributed by atoms with Crippen molar-refractivity contribution in [1.82, 2.24) is 10.2 Å². The number of rotatable bonds is 1. The van der Waals surface area contributed by atoms with Crippen LogP contribution in [-0.4, -0.2) is 81.0 Å². The summed E-state index contributed by atoms with van der Waals surface area (Å²) < 4.78 is 9.51. The fourth-order valence-electron chi connectivity index (χ4n) is 5.27. The predicted molar refractivity (Wildman–Crippen MR) is 154 cm³/mol. The van der Waals surface area contributed by atoms with Crippen molar-refractivity contribution in [2.75, 3.05) is 52.4 Å². The standard InChI is InChI=1S/C12H16N3O2.C7H13N2.C6H7NO2.3CH4.2Y/c1-9-14-10(11(16)17-9)6-15-5-3-12(8-15)2-4-13-7-12;1-3-8-5-7(1)2-4-9-6-7;1-3-5-6(8)9-4(2)7-5;;;;;/h6H,2-5,7-8H2,1H3;8H,1-6H2;3H,1-2H3;3*1H4;;/q2*-1;;;;;;. The van der Waals surface area contributed by atoms with Crippen LogP contribution in [0, 0.1) is 10.8 Å². The number of likely N-dealkylation sites (tertiary alicyclic amines) is 1. The molecule has 2 atom stereocenters. The second-order valence-corrected chi connectivity index (χ2v) is 10.1. The molecule has 4 fully saturated rings. The fraction of sp³-hybridized carbons (Fsp3) is 0.714. The van der Waals surface area contributed by atoms with E-state index in [-0.39, 0.29) is 99.6 Å². The van der Waals surface area contributed by atoms with Gasteiger partial charge in [0.2, 0.25) is 0 Å². The summed E-state index contributed by atoms with van der Waals surface area (Å²) in [6.07, 6.45) is 8.50. The second kappa shape index (κ2) is 19.0. The topological polar surface area (TPSA) is 121 Å². The Kier molecular flexibility index (Phi) is 19.9. The zero-order valence-electron chi connectivity index (χ0n) is 22.2. The van der Waals surface area contributed by atoms with E-state index < -0.39 is 0 Å². The van der Waals surface area contributed by atoms with Crippen molar-refractivity contribution >= 4 is 23.7 Å². The van der Waals surface area contributed by atoms with Gasteiger partial charge in [0.05, 0.1) is 0 Å². The van der Waals surface area contributed by atoms with Crippen LogP contribution in [0.2, 0.25) is 0 Å². The van der Waals surface area contributed by atoms with Crippen LogP contribution in [0.3, 0.4) is 0 Å². The van der Waals surface area contributed by atoms with Crippen molar-refractivity contribution < 1.29 is 84.5 Å². The molecule has 222 valence electrons. The number of carbonyl (C=O) groups excluding carboxylic acids is 2. The number of carbonyl (C=O) groups is 2. The van der Waals surface area contributed by atoms with Gasteiger partial charge >= 0.3 is 11.9 Å². The maximum atomic E-state index is 11.4. The van der Waals surface area contributed by atoms with E-state index in [1.807, 2.05) is 6.20 Å². The normalized spacial score (nSPS) is 29.4. The van der Waals surface area contributed by atoms with Crippen molar-refractivity contribution in [1.29, 1.82) is 0 Å². The molecule has 0 aromatic heterocycles. The zero-order valence-corrected chi connectivity index (χ0v) is 27.8. The fourth-order valence-corrected chi connectivity index (χ4v) is 5.27. The number of esters is 2. The SMILES string of the molecule is C.C.C.C1CC2(CCNC2)C[N-]1.CC1=NC(=CN2CCC3(CC[N-]C3)C2)C(=O)O1.CC=C1N=C(C)OC1=O.[Y].[Y]. The minimum absolute atomic E-state index is 0. The number of aliphatic imine (C=N–C) groups is 2. The molecular weight excluding hydrogens is 662 g/mol. The molecule has 4 saturated heterocycles. The summed E-state index contributed by atoms with van der Waals surface area (Å²) >= 11 is 0. The van der Waals surface area contributed by atoms with Crippen molar-refractivity contribution in [3.63, 3.8) is 0 Å². The molecule has 6 rings (SSSR count). The molecule has 0 bridgehead atoms. The first-order valence-electron chi connectivity index (χ1n) is 12.5. The largest absolute Gasteiger partial charge is 0.662 e. The zero-order chi connectivity index (χ0) is 24.9. The van der Waals surface area contributed by atoms with Gasteiger partial charge in [-0.3, -0.25) is 0 Å². The van der Waals surface area contributed by atoms with Gasteiger partial charge in [-0.05, 0) is 43.7 Å². The molecule has 0 aromatic carbocycles. The van der Waals surface area contributed by atoms with E-state index in [0.29, 0.717) is 34.0 Å². The van der Waals surface area contributed by atoms with Gasteiger partial charge in [-0.2, -0.15) is 0 Å². The first-order valence-corrected chi connectivity index (χ1v) is 12.5. The van der Waals surface area contributed by atoms with E-state index in [1.54, 1.807) is 26.8 Å². The van der Waals surface area contributed by atoms with Crippen LogP contribution in [0.1, 0.15) is 68.7 Å². The molecule has 6 heterocycles. The van der Waals surface area contributed by atoms with Crippen LogP contribution in [0.25, 0.3) is 10.6 Å². The van der Waals surface area contributed by atoms with Gasteiger partial charge in [-0.1, -0.05) is 41.2 Å². The van der Waals surface area contributed by atoms with Crippen LogP contribution in [0.5, 0.6) is 0 Å². The number of allylic oxidation sites excluding steroid dienone is 1. The molecule has 40 heavy (non-hydrogen) atoms. The van der Waals surface area contributed by atoms with Gasteiger partial charge in [0, 0.05) is 98.6 Å². The Morgan fingerprint density at radius 2 is 1.40 bits per heavy atom. The maximum Gasteiger partial charge on any atom is 0.365 e. The second-order valence-electron chi connectivity index (χ2n) is 10.1. The number of hydrogen-bond acceptors (Lipinski definition) is 8. The molecule has 0 amide bonds. The van der Waals surface area contributed by atoms with Gasteiger partial charge < -0.3 is 30.3 Å². The Hall–Kier alpha value is -0.352. The average molecular weight is 711 g/mol. The van der Waals surface area contributed by atoms with Gasteiger partial charge in [-0.15, -0.1) is 26.2 Å². The Morgan fingerprint density at radius 1 is 0.850 bits per heavy atom. The monoisotopic (exact) mass is 710 g/mol. The molecule has 10 nitrogen and oxygen atoms in total. The van der Waals surface area contributed by atoms with Crippen LogP contribution in [-0.2, 0) is 84.5 Å². The predicted octanol–water partition coefficient (Wildman–Crippen LogP) is 4.78. The third-order valence-electron chi connectivity index (χ3n) is 7.33. The quantitative estimate of drug-likeness (QED) is 0.309. The first-order chi connectivity index (χ1) is 16.8. The summed E-state index contributed by atoms with van der Waals surface area (Å²) in [6.45, 7) is 13.7. The van der Waals surface area contributed by atoms with Crippen molar-refractivity contribution in [3.8, 4) is 0 Å². The molecule has 0 aromatic rings. The number of ether oxygens (including phenoxy) is 2. The van der Waals surface area contributed by atoms with E-state index in [9.17, 15) is 9.59 Å². The van der Waals surface area contributed by atoms with Gasteiger partial charge in [0.25, 0.3) is 0 Å². The van der Waals surface area contributed by atoms with Gasteiger partial charge in [-0.25, -0.2) is 19.6 Å². The smallest absolute Gasteiger partial charge is 0.365 e. The molecule has 2 unspecified atom stereocenters.